The number of thiophene rings is 1. The molecule has 3 N–H and O–H groups in total. The maximum absolute atomic E-state index is 12.1. The van der Waals surface area contributed by atoms with Crippen LogP contribution in [-0.4, -0.2) is 22.3 Å². The Labute approximate surface area is 130 Å². The van der Waals surface area contributed by atoms with Crippen LogP contribution in [0.25, 0.3) is 10.1 Å². The van der Waals surface area contributed by atoms with Crippen LogP contribution < -0.4 is 5.43 Å². The number of aromatic hydroxyl groups is 2. The number of carbonyl (C=O) groups is 1. The highest BCUT2D eigenvalue weighted by Gasteiger charge is 2.17. The summed E-state index contributed by atoms with van der Waals surface area (Å²) in [4.78, 5) is 12.3. The van der Waals surface area contributed by atoms with Crippen LogP contribution in [0.15, 0.2) is 53.6 Å². The van der Waals surface area contributed by atoms with Crippen molar-refractivity contribution in [2.75, 3.05) is 0 Å². The number of benzene rings is 2. The Morgan fingerprint density at radius 1 is 1.09 bits per heavy atom. The minimum Gasteiger partial charge on any atom is -0.507 e. The number of hydrazone groups is 1. The standard InChI is InChI=1S/C16H12N2O3S/c19-12-7-3-1-5-10(12)9-17-18-16(21)15-14(20)11-6-2-4-8-13(11)22-15/h1-9,19-20H,(H,18,21). The molecule has 1 amide bonds. The molecule has 1 heterocycles. The lowest BCUT2D eigenvalue weighted by Gasteiger charge is -1.99. The molecule has 0 aliphatic heterocycles. The zero-order valence-corrected chi connectivity index (χ0v) is 12.2. The molecule has 0 atom stereocenters. The number of phenols is 1. The first-order valence-corrected chi connectivity index (χ1v) is 7.30. The first-order chi connectivity index (χ1) is 10.7. The van der Waals surface area contributed by atoms with Crippen molar-refractivity contribution in [3.05, 3.63) is 59.0 Å². The number of fused-ring (bicyclic) bond motifs is 1. The summed E-state index contributed by atoms with van der Waals surface area (Å²) in [5, 5.41) is 24.1. The van der Waals surface area contributed by atoms with Gasteiger partial charge < -0.3 is 10.2 Å². The number of carbonyl (C=O) groups excluding carboxylic acids is 1. The summed E-state index contributed by atoms with van der Waals surface area (Å²) in [5.74, 6) is -0.466. The molecule has 2 aromatic carbocycles. The number of hydrogen-bond donors (Lipinski definition) is 3. The lowest BCUT2D eigenvalue weighted by Crippen LogP contribution is -2.16. The van der Waals surface area contributed by atoms with Gasteiger partial charge in [-0.2, -0.15) is 5.10 Å². The Balaban J connectivity index is 1.79. The van der Waals surface area contributed by atoms with Gasteiger partial charge >= 0.3 is 0 Å². The van der Waals surface area contributed by atoms with Crippen molar-refractivity contribution < 1.29 is 15.0 Å². The molecule has 1 aromatic heterocycles. The van der Waals surface area contributed by atoms with Gasteiger partial charge in [-0.25, -0.2) is 5.43 Å². The van der Waals surface area contributed by atoms with Crippen molar-refractivity contribution in [2.45, 2.75) is 0 Å². The van der Waals surface area contributed by atoms with E-state index < -0.39 is 5.91 Å². The van der Waals surface area contributed by atoms with Crippen LogP contribution in [0.2, 0.25) is 0 Å². The van der Waals surface area contributed by atoms with Gasteiger partial charge in [0.1, 0.15) is 16.4 Å². The van der Waals surface area contributed by atoms with Gasteiger partial charge in [0.15, 0.2) is 0 Å². The fourth-order valence-electron chi connectivity index (χ4n) is 1.99. The molecule has 0 bridgehead atoms. The van der Waals surface area contributed by atoms with E-state index in [2.05, 4.69) is 10.5 Å². The molecule has 5 nitrogen and oxygen atoms in total. The maximum atomic E-state index is 12.1. The molecule has 110 valence electrons. The third-order valence-electron chi connectivity index (χ3n) is 3.08. The molecule has 0 radical (unpaired) electrons. The smallest absolute Gasteiger partial charge is 0.285 e. The highest BCUT2D eigenvalue weighted by atomic mass is 32.1. The third-order valence-corrected chi connectivity index (χ3v) is 4.24. The lowest BCUT2D eigenvalue weighted by atomic mass is 10.2. The second-order valence-corrected chi connectivity index (χ2v) is 5.59. The monoisotopic (exact) mass is 312 g/mol. The summed E-state index contributed by atoms with van der Waals surface area (Å²) in [6.45, 7) is 0. The largest absolute Gasteiger partial charge is 0.507 e. The second-order valence-electron chi connectivity index (χ2n) is 4.53. The highest BCUT2D eigenvalue weighted by Crippen LogP contribution is 2.36. The highest BCUT2D eigenvalue weighted by molar-refractivity contribution is 7.21. The molecule has 0 unspecified atom stereocenters. The van der Waals surface area contributed by atoms with E-state index in [4.69, 9.17) is 0 Å². The second kappa shape index (κ2) is 5.87. The van der Waals surface area contributed by atoms with Crippen molar-refractivity contribution >= 4 is 33.5 Å². The van der Waals surface area contributed by atoms with E-state index in [9.17, 15) is 15.0 Å². The third kappa shape index (κ3) is 2.64. The van der Waals surface area contributed by atoms with Crippen LogP contribution in [0, 0.1) is 0 Å². The first kappa shape index (κ1) is 14.1. The normalized spacial score (nSPS) is 11.1. The van der Waals surface area contributed by atoms with E-state index in [0.29, 0.717) is 10.9 Å². The molecule has 3 rings (SSSR count). The van der Waals surface area contributed by atoms with E-state index in [1.807, 2.05) is 12.1 Å². The Bertz CT molecular complexity index is 871. The number of nitrogens with zero attached hydrogens (tertiary/aromatic N) is 1. The molecular weight excluding hydrogens is 300 g/mol. The summed E-state index contributed by atoms with van der Waals surface area (Å²) < 4.78 is 0.829. The van der Waals surface area contributed by atoms with E-state index in [0.717, 1.165) is 4.70 Å². The minimum absolute atomic E-state index is 0.0455. The molecule has 0 aliphatic rings. The quantitative estimate of drug-likeness (QED) is 0.513. The predicted octanol–water partition coefficient (Wildman–Crippen LogP) is 3.08. The van der Waals surface area contributed by atoms with Gasteiger partial charge in [0.25, 0.3) is 5.91 Å². The van der Waals surface area contributed by atoms with Gasteiger partial charge in [0.05, 0.1) is 6.21 Å². The summed E-state index contributed by atoms with van der Waals surface area (Å²) >= 11 is 1.20. The Morgan fingerprint density at radius 2 is 1.82 bits per heavy atom. The van der Waals surface area contributed by atoms with Gasteiger partial charge in [-0.05, 0) is 24.3 Å². The van der Waals surface area contributed by atoms with Crippen LogP contribution in [0.4, 0.5) is 0 Å². The Hall–Kier alpha value is -2.86. The predicted molar refractivity (Wildman–Crippen MR) is 86.7 cm³/mol. The van der Waals surface area contributed by atoms with Gasteiger partial charge in [0, 0.05) is 15.6 Å². The summed E-state index contributed by atoms with van der Waals surface area (Å²) in [6, 6.07) is 13.9. The fraction of sp³-hybridized carbons (Fsp3) is 0. The molecule has 0 saturated heterocycles. The summed E-state index contributed by atoms with van der Waals surface area (Å²) in [5.41, 5.74) is 2.84. The molecule has 0 aliphatic carbocycles. The van der Waals surface area contributed by atoms with Crippen LogP contribution >= 0.6 is 11.3 Å². The summed E-state index contributed by atoms with van der Waals surface area (Å²) in [7, 11) is 0. The topological polar surface area (TPSA) is 81.9 Å². The molecule has 3 aromatic rings. The Kier molecular flexibility index (Phi) is 3.76. The number of para-hydroxylation sites is 1. The van der Waals surface area contributed by atoms with E-state index in [1.165, 1.54) is 23.6 Å². The van der Waals surface area contributed by atoms with Gasteiger partial charge in [-0.1, -0.05) is 24.3 Å². The van der Waals surface area contributed by atoms with Crippen LogP contribution in [0.3, 0.4) is 0 Å². The lowest BCUT2D eigenvalue weighted by molar-refractivity contribution is 0.0957. The number of nitrogens with one attached hydrogen (secondary N) is 1. The average Bonchev–Trinajstić information content (AvgIpc) is 2.87. The SMILES string of the molecule is O=C(NN=Cc1ccccc1O)c1sc2ccccc2c1O. The van der Waals surface area contributed by atoms with Crippen molar-refractivity contribution in [1.82, 2.24) is 5.43 Å². The van der Waals surface area contributed by atoms with Crippen LogP contribution in [0.1, 0.15) is 15.2 Å². The van der Waals surface area contributed by atoms with Crippen LogP contribution in [0.5, 0.6) is 11.5 Å². The number of phenolic OH excluding ortho intramolecular Hbond substituents is 1. The van der Waals surface area contributed by atoms with Gasteiger partial charge in [-0.3, -0.25) is 4.79 Å². The van der Waals surface area contributed by atoms with E-state index in [-0.39, 0.29) is 16.4 Å². The maximum Gasteiger partial charge on any atom is 0.285 e. The zero-order chi connectivity index (χ0) is 15.5. The average molecular weight is 312 g/mol. The van der Waals surface area contributed by atoms with Crippen molar-refractivity contribution in [3.63, 3.8) is 0 Å². The number of rotatable bonds is 3. The van der Waals surface area contributed by atoms with Crippen molar-refractivity contribution in [3.8, 4) is 11.5 Å². The van der Waals surface area contributed by atoms with E-state index >= 15 is 0 Å². The van der Waals surface area contributed by atoms with Crippen LogP contribution in [-0.2, 0) is 0 Å². The number of hydrogen-bond acceptors (Lipinski definition) is 5. The fourth-order valence-corrected chi connectivity index (χ4v) is 2.98. The molecular formula is C16H12N2O3S. The first-order valence-electron chi connectivity index (χ1n) is 6.48. The van der Waals surface area contributed by atoms with Gasteiger partial charge in [0.2, 0.25) is 0 Å². The molecule has 22 heavy (non-hydrogen) atoms. The van der Waals surface area contributed by atoms with Crippen molar-refractivity contribution in [1.29, 1.82) is 0 Å². The molecule has 0 fully saturated rings. The Morgan fingerprint density at radius 3 is 2.59 bits per heavy atom. The summed E-state index contributed by atoms with van der Waals surface area (Å²) in [6.07, 6.45) is 1.34. The van der Waals surface area contributed by atoms with Crippen molar-refractivity contribution in [2.24, 2.45) is 5.10 Å². The molecule has 0 saturated carbocycles. The number of amides is 1. The van der Waals surface area contributed by atoms with E-state index in [1.54, 1.807) is 30.3 Å². The zero-order valence-electron chi connectivity index (χ0n) is 11.4. The molecule has 6 heteroatoms. The van der Waals surface area contributed by atoms with Gasteiger partial charge in [-0.15, -0.1) is 11.3 Å². The molecule has 0 spiro atoms. The minimum atomic E-state index is -0.495.